The summed E-state index contributed by atoms with van der Waals surface area (Å²) >= 11 is 3.06. The molecular formula is C21H21N7O2S2. The Balaban J connectivity index is 1.46. The fraction of sp³-hybridized carbons (Fsp3) is 0.238. The van der Waals surface area contributed by atoms with Crippen molar-refractivity contribution in [1.29, 1.82) is 0 Å². The minimum Gasteiger partial charge on any atom is -0.258 e. The van der Waals surface area contributed by atoms with Gasteiger partial charge in [0, 0.05) is 16.2 Å². The largest absolute Gasteiger partial charge is 0.312 e. The van der Waals surface area contributed by atoms with E-state index in [0.717, 1.165) is 11.3 Å². The molecule has 9 nitrogen and oxygen atoms in total. The van der Waals surface area contributed by atoms with Crippen molar-refractivity contribution in [3.8, 4) is 0 Å². The molecule has 0 aliphatic carbocycles. The summed E-state index contributed by atoms with van der Waals surface area (Å²) in [7, 11) is 0. The maximum atomic E-state index is 11.2. The number of benzene rings is 1. The van der Waals surface area contributed by atoms with Crippen molar-refractivity contribution < 1.29 is 4.92 Å². The van der Waals surface area contributed by atoms with Gasteiger partial charge in [0.2, 0.25) is 5.16 Å². The molecule has 0 fully saturated rings. The molecule has 0 spiro atoms. The van der Waals surface area contributed by atoms with Crippen molar-refractivity contribution >= 4 is 35.0 Å². The van der Waals surface area contributed by atoms with Crippen LogP contribution in [0.3, 0.4) is 0 Å². The van der Waals surface area contributed by atoms with Crippen LogP contribution in [0.5, 0.6) is 0 Å². The standard InChI is InChI=1S/C21H21N7O2S2/c1-14-20(28(29)30)15(2)26(25-14)13-31-21-24-23-16(3)27(21)22-12-19-10-9-18(32-19)11-17-7-5-4-6-8-17/h4-10,12H,11,13H2,1-3H3/b22-12+. The average Bonchev–Trinajstić information content (AvgIpc) is 3.43. The highest BCUT2D eigenvalue weighted by molar-refractivity contribution is 7.98. The molecule has 4 rings (SSSR count). The molecule has 0 radical (unpaired) electrons. The Bertz CT molecular complexity index is 1270. The zero-order valence-electron chi connectivity index (χ0n) is 17.8. The van der Waals surface area contributed by atoms with Crippen LogP contribution in [0.2, 0.25) is 0 Å². The van der Waals surface area contributed by atoms with Crippen LogP contribution < -0.4 is 0 Å². The number of thiophene rings is 1. The molecule has 0 N–H and O–H groups in total. The minimum absolute atomic E-state index is 0.0465. The van der Waals surface area contributed by atoms with Gasteiger partial charge < -0.3 is 0 Å². The molecule has 3 aromatic heterocycles. The second-order valence-corrected chi connectivity index (χ2v) is 9.21. The van der Waals surface area contributed by atoms with E-state index in [2.05, 4.69) is 38.6 Å². The number of rotatable bonds is 8. The molecule has 0 amide bonds. The van der Waals surface area contributed by atoms with Crippen LogP contribution in [-0.4, -0.2) is 35.8 Å². The van der Waals surface area contributed by atoms with E-state index in [1.807, 2.05) is 31.2 Å². The Morgan fingerprint density at radius 1 is 1.16 bits per heavy atom. The predicted octanol–water partition coefficient (Wildman–Crippen LogP) is 4.59. The number of aromatic nitrogens is 5. The Morgan fingerprint density at radius 2 is 1.94 bits per heavy atom. The van der Waals surface area contributed by atoms with E-state index in [0.29, 0.717) is 28.2 Å². The predicted molar refractivity (Wildman–Crippen MR) is 126 cm³/mol. The van der Waals surface area contributed by atoms with Crippen LogP contribution >= 0.6 is 23.1 Å². The SMILES string of the molecule is Cc1nn(CSc2nnc(C)n2/N=C/c2ccc(Cc3ccccc3)s2)c(C)c1[N+](=O)[O-]. The fourth-order valence-corrected chi connectivity index (χ4v) is 5.03. The molecule has 32 heavy (non-hydrogen) atoms. The first-order chi connectivity index (χ1) is 15.4. The zero-order valence-corrected chi connectivity index (χ0v) is 19.4. The van der Waals surface area contributed by atoms with Gasteiger partial charge in [0.25, 0.3) is 0 Å². The van der Waals surface area contributed by atoms with Crippen LogP contribution in [0.15, 0.2) is 52.7 Å². The van der Waals surface area contributed by atoms with Crippen molar-refractivity contribution in [2.24, 2.45) is 5.10 Å². The van der Waals surface area contributed by atoms with E-state index >= 15 is 0 Å². The van der Waals surface area contributed by atoms with E-state index in [9.17, 15) is 10.1 Å². The highest BCUT2D eigenvalue weighted by Gasteiger charge is 2.22. The second kappa shape index (κ2) is 9.45. The molecule has 0 unspecified atom stereocenters. The maximum absolute atomic E-state index is 11.2. The molecule has 0 aliphatic rings. The minimum atomic E-state index is -0.400. The van der Waals surface area contributed by atoms with Gasteiger partial charge in [-0.25, -0.2) is 0 Å². The lowest BCUT2D eigenvalue weighted by atomic mass is 10.1. The highest BCUT2D eigenvalue weighted by Crippen LogP contribution is 2.26. The Kier molecular flexibility index (Phi) is 6.47. The molecule has 0 bridgehead atoms. The van der Waals surface area contributed by atoms with Crippen molar-refractivity contribution in [2.45, 2.75) is 38.2 Å². The Labute approximate surface area is 193 Å². The number of nitrogens with zero attached hydrogens (tertiary/aromatic N) is 7. The normalized spacial score (nSPS) is 11.5. The molecule has 3 heterocycles. The van der Waals surface area contributed by atoms with Crippen LogP contribution in [0, 0.1) is 30.9 Å². The molecule has 0 aliphatic heterocycles. The summed E-state index contributed by atoms with van der Waals surface area (Å²) in [6.45, 7) is 5.16. The molecular weight excluding hydrogens is 446 g/mol. The first-order valence-electron chi connectivity index (χ1n) is 9.82. The van der Waals surface area contributed by atoms with Gasteiger partial charge in [-0.3, -0.25) is 14.8 Å². The maximum Gasteiger partial charge on any atom is 0.312 e. The van der Waals surface area contributed by atoms with E-state index in [1.165, 1.54) is 22.2 Å². The van der Waals surface area contributed by atoms with E-state index in [1.54, 1.807) is 40.8 Å². The van der Waals surface area contributed by atoms with Gasteiger partial charge in [0.1, 0.15) is 11.4 Å². The van der Waals surface area contributed by atoms with Gasteiger partial charge >= 0.3 is 5.69 Å². The van der Waals surface area contributed by atoms with Gasteiger partial charge in [0.05, 0.1) is 17.0 Å². The van der Waals surface area contributed by atoms with Crippen LogP contribution in [0.25, 0.3) is 0 Å². The van der Waals surface area contributed by atoms with Crippen molar-refractivity contribution in [2.75, 3.05) is 0 Å². The summed E-state index contributed by atoms with van der Waals surface area (Å²) in [6.07, 6.45) is 2.69. The number of thioether (sulfide) groups is 1. The van der Waals surface area contributed by atoms with Gasteiger partial charge in [-0.1, -0.05) is 42.1 Å². The molecule has 0 atom stereocenters. The number of aryl methyl sites for hydroxylation is 2. The van der Waals surface area contributed by atoms with Crippen molar-refractivity contribution in [3.05, 3.63) is 85.1 Å². The first kappa shape index (κ1) is 21.9. The van der Waals surface area contributed by atoms with Gasteiger partial charge in [0.15, 0.2) is 5.82 Å². The van der Waals surface area contributed by atoms with Crippen LogP contribution in [-0.2, 0) is 12.3 Å². The van der Waals surface area contributed by atoms with Gasteiger partial charge in [-0.05, 0) is 38.5 Å². The quantitative estimate of drug-likeness (QED) is 0.162. The summed E-state index contributed by atoms with van der Waals surface area (Å²) < 4.78 is 3.27. The first-order valence-corrected chi connectivity index (χ1v) is 11.6. The number of hydrogen-bond donors (Lipinski definition) is 0. The molecule has 1 aromatic carbocycles. The molecule has 11 heteroatoms. The summed E-state index contributed by atoms with van der Waals surface area (Å²) in [5.41, 5.74) is 2.23. The van der Waals surface area contributed by atoms with Gasteiger partial charge in [-0.15, -0.1) is 21.5 Å². The average molecular weight is 468 g/mol. The molecule has 164 valence electrons. The monoisotopic (exact) mass is 467 g/mol. The summed E-state index contributed by atoms with van der Waals surface area (Å²) in [5, 5.41) is 28.9. The van der Waals surface area contributed by atoms with E-state index < -0.39 is 4.92 Å². The second-order valence-electron chi connectivity index (χ2n) is 7.10. The third kappa shape index (κ3) is 4.78. The van der Waals surface area contributed by atoms with E-state index in [-0.39, 0.29) is 5.69 Å². The lowest BCUT2D eigenvalue weighted by Crippen LogP contribution is -2.02. The number of nitro groups is 1. The third-order valence-electron chi connectivity index (χ3n) is 4.81. The third-order valence-corrected chi connectivity index (χ3v) is 6.72. The Hall–Kier alpha value is -3.31. The topological polar surface area (TPSA) is 104 Å². The van der Waals surface area contributed by atoms with Crippen LogP contribution in [0.1, 0.15) is 32.5 Å². The van der Waals surface area contributed by atoms with Crippen molar-refractivity contribution in [1.82, 2.24) is 24.7 Å². The van der Waals surface area contributed by atoms with Crippen LogP contribution in [0.4, 0.5) is 5.69 Å². The lowest BCUT2D eigenvalue weighted by molar-refractivity contribution is -0.386. The molecule has 0 saturated carbocycles. The smallest absolute Gasteiger partial charge is 0.258 e. The lowest BCUT2D eigenvalue weighted by Gasteiger charge is -2.03. The number of hydrogen-bond acceptors (Lipinski definition) is 8. The zero-order chi connectivity index (χ0) is 22.7. The highest BCUT2D eigenvalue weighted by atomic mass is 32.2. The molecule has 4 aromatic rings. The summed E-state index contributed by atoms with van der Waals surface area (Å²) in [5.74, 6) is 1.03. The Morgan fingerprint density at radius 3 is 2.66 bits per heavy atom. The van der Waals surface area contributed by atoms with Gasteiger partial charge in [-0.2, -0.15) is 14.9 Å². The summed E-state index contributed by atoms with van der Waals surface area (Å²) in [4.78, 5) is 13.1. The summed E-state index contributed by atoms with van der Waals surface area (Å²) in [6, 6.07) is 14.5. The van der Waals surface area contributed by atoms with Crippen molar-refractivity contribution in [3.63, 3.8) is 0 Å². The van der Waals surface area contributed by atoms with E-state index in [4.69, 9.17) is 0 Å². The fourth-order valence-electron chi connectivity index (χ4n) is 3.23. The molecule has 0 saturated heterocycles.